The van der Waals surface area contributed by atoms with Crippen LogP contribution in [0.1, 0.15) is 48.1 Å². The molecule has 0 bridgehead atoms. The van der Waals surface area contributed by atoms with Gasteiger partial charge in [-0.05, 0) is 57.0 Å². The second kappa shape index (κ2) is 7.80. The van der Waals surface area contributed by atoms with Gasteiger partial charge in [-0.15, -0.1) is 0 Å². The Kier molecular flexibility index (Phi) is 5.22. The normalized spacial score (nSPS) is 17.8. The monoisotopic (exact) mass is 380 g/mol. The highest BCUT2D eigenvalue weighted by molar-refractivity contribution is 5.57. The molecule has 0 aliphatic carbocycles. The number of oxazole rings is 1. The average molecular weight is 380 g/mol. The third-order valence-corrected chi connectivity index (χ3v) is 5.66. The van der Waals surface area contributed by atoms with Crippen molar-refractivity contribution in [3.63, 3.8) is 0 Å². The third-order valence-electron chi connectivity index (χ3n) is 5.66. The minimum atomic E-state index is 0.330. The Morgan fingerprint density at radius 2 is 2.11 bits per heavy atom. The van der Waals surface area contributed by atoms with Gasteiger partial charge in [0, 0.05) is 31.5 Å². The van der Waals surface area contributed by atoms with Gasteiger partial charge >= 0.3 is 0 Å². The van der Waals surface area contributed by atoms with Crippen molar-refractivity contribution in [1.29, 1.82) is 0 Å². The van der Waals surface area contributed by atoms with Crippen molar-refractivity contribution in [2.75, 3.05) is 13.7 Å². The maximum Gasteiger partial charge on any atom is 0.226 e. The summed E-state index contributed by atoms with van der Waals surface area (Å²) < 4.78 is 13.5. The van der Waals surface area contributed by atoms with Crippen molar-refractivity contribution in [2.45, 2.75) is 45.7 Å². The second-order valence-electron chi connectivity index (χ2n) is 7.58. The van der Waals surface area contributed by atoms with Crippen LogP contribution in [0, 0.1) is 13.8 Å². The highest BCUT2D eigenvalue weighted by Gasteiger charge is 2.28. The van der Waals surface area contributed by atoms with E-state index in [0.717, 1.165) is 53.7 Å². The van der Waals surface area contributed by atoms with Gasteiger partial charge in [0.2, 0.25) is 5.89 Å². The Bertz CT molecular complexity index is 959. The first-order chi connectivity index (χ1) is 13.6. The predicted molar refractivity (Wildman–Crippen MR) is 108 cm³/mol. The first kappa shape index (κ1) is 18.7. The maximum atomic E-state index is 6.02. The number of methoxy groups -OCH3 is 1. The smallest absolute Gasteiger partial charge is 0.226 e. The molecule has 1 fully saturated rings. The molecular formula is C22H28N4O2. The standard InChI is InChI=1S/C22H28N4O2/c1-15-13-17(8-9-20(15)27-4)22-24-18(16(2)28-22)14-26-11-6-5-7-19(26)21-23-10-12-25(21)3/h8-10,12-13,19H,5-7,11,14H2,1-4H3/t19-/m0/s1. The fourth-order valence-electron chi connectivity index (χ4n) is 4.07. The topological polar surface area (TPSA) is 56.3 Å². The number of hydrogen-bond acceptors (Lipinski definition) is 5. The molecule has 0 amide bonds. The van der Waals surface area contributed by atoms with Crippen LogP contribution < -0.4 is 4.74 Å². The molecule has 0 radical (unpaired) electrons. The largest absolute Gasteiger partial charge is 0.496 e. The van der Waals surface area contributed by atoms with Gasteiger partial charge in [-0.1, -0.05) is 6.42 Å². The fourth-order valence-corrected chi connectivity index (χ4v) is 4.07. The number of ether oxygens (including phenoxy) is 1. The highest BCUT2D eigenvalue weighted by Crippen LogP contribution is 2.33. The van der Waals surface area contributed by atoms with Crippen LogP contribution in [0.15, 0.2) is 35.0 Å². The van der Waals surface area contributed by atoms with E-state index in [4.69, 9.17) is 14.1 Å². The number of piperidine rings is 1. The van der Waals surface area contributed by atoms with Crippen LogP contribution in [-0.2, 0) is 13.6 Å². The molecule has 1 saturated heterocycles. The van der Waals surface area contributed by atoms with Crippen molar-refractivity contribution in [3.05, 3.63) is 53.4 Å². The Labute approximate surface area is 166 Å². The lowest BCUT2D eigenvalue weighted by Crippen LogP contribution is -2.34. The van der Waals surface area contributed by atoms with Crippen LogP contribution in [-0.4, -0.2) is 33.1 Å². The summed E-state index contributed by atoms with van der Waals surface area (Å²) in [5.41, 5.74) is 3.06. The summed E-state index contributed by atoms with van der Waals surface area (Å²) in [5, 5.41) is 0. The summed E-state index contributed by atoms with van der Waals surface area (Å²) in [7, 11) is 3.76. The zero-order valence-corrected chi connectivity index (χ0v) is 17.1. The summed E-state index contributed by atoms with van der Waals surface area (Å²) >= 11 is 0. The molecule has 0 N–H and O–H groups in total. The SMILES string of the molecule is COc1ccc(-c2nc(CN3CCCC[C@H]3c3nccn3C)c(C)o2)cc1C. The number of hydrogen-bond donors (Lipinski definition) is 0. The summed E-state index contributed by atoms with van der Waals surface area (Å²) in [6.07, 6.45) is 7.48. The van der Waals surface area contributed by atoms with E-state index >= 15 is 0 Å². The molecule has 1 aromatic carbocycles. The van der Waals surface area contributed by atoms with E-state index in [1.54, 1.807) is 7.11 Å². The van der Waals surface area contributed by atoms with E-state index in [0.29, 0.717) is 11.9 Å². The Hall–Kier alpha value is -2.60. The van der Waals surface area contributed by atoms with Gasteiger partial charge in [0.15, 0.2) is 0 Å². The van der Waals surface area contributed by atoms with Crippen LogP contribution in [0.3, 0.4) is 0 Å². The highest BCUT2D eigenvalue weighted by atomic mass is 16.5. The minimum Gasteiger partial charge on any atom is -0.496 e. The lowest BCUT2D eigenvalue weighted by molar-refractivity contribution is 0.129. The van der Waals surface area contributed by atoms with Crippen molar-refractivity contribution < 1.29 is 9.15 Å². The van der Waals surface area contributed by atoms with Crippen LogP contribution in [0.2, 0.25) is 0 Å². The van der Waals surface area contributed by atoms with Gasteiger partial charge in [-0.2, -0.15) is 0 Å². The van der Waals surface area contributed by atoms with Gasteiger partial charge in [0.25, 0.3) is 0 Å². The third kappa shape index (κ3) is 3.56. The van der Waals surface area contributed by atoms with E-state index in [1.165, 1.54) is 12.8 Å². The Morgan fingerprint density at radius 3 is 2.82 bits per heavy atom. The lowest BCUT2D eigenvalue weighted by Gasteiger charge is -2.34. The molecule has 1 atom stereocenters. The van der Waals surface area contributed by atoms with Crippen LogP contribution in [0.5, 0.6) is 5.75 Å². The van der Waals surface area contributed by atoms with Crippen molar-refractivity contribution in [3.8, 4) is 17.2 Å². The molecular weight excluding hydrogens is 352 g/mol. The van der Waals surface area contributed by atoms with Gasteiger partial charge in [0.1, 0.15) is 17.3 Å². The molecule has 0 spiro atoms. The number of rotatable bonds is 5. The Balaban J connectivity index is 1.58. The predicted octanol–water partition coefficient (Wildman–Crippen LogP) is 4.43. The molecule has 3 heterocycles. The number of imidazole rings is 1. The number of likely N-dealkylation sites (tertiary alicyclic amines) is 1. The second-order valence-corrected chi connectivity index (χ2v) is 7.58. The molecule has 0 unspecified atom stereocenters. The zero-order chi connectivity index (χ0) is 19.7. The van der Waals surface area contributed by atoms with E-state index in [9.17, 15) is 0 Å². The van der Waals surface area contributed by atoms with E-state index in [2.05, 4.69) is 27.6 Å². The number of benzene rings is 1. The molecule has 6 nitrogen and oxygen atoms in total. The molecule has 148 valence electrons. The molecule has 1 aliphatic heterocycles. The number of aromatic nitrogens is 3. The fraction of sp³-hybridized carbons (Fsp3) is 0.455. The van der Waals surface area contributed by atoms with E-state index < -0.39 is 0 Å². The average Bonchev–Trinajstić information content (AvgIpc) is 3.28. The van der Waals surface area contributed by atoms with Crippen LogP contribution in [0.4, 0.5) is 0 Å². The molecule has 0 saturated carbocycles. The summed E-state index contributed by atoms with van der Waals surface area (Å²) in [6.45, 7) is 5.87. The zero-order valence-electron chi connectivity index (χ0n) is 17.1. The van der Waals surface area contributed by atoms with Gasteiger partial charge < -0.3 is 13.7 Å². The van der Waals surface area contributed by atoms with Gasteiger partial charge in [0.05, 0.1) is 18.8 Å². The maximum absolute atomic E-state index is 6.02. The van der Waals surface area contributed by atoms with Crippen LogP contribution in [0.25, 0.3) is 11.5 Å². The minimum absolute atomic E-state index is 0.330. The van der Waals surface area contributed by atoms with Crippen molar-refractivity contribution in [2.24, 2.45) is 7.05 Å². The molecule has 2 aromatic heterocycles. The van der Waals surface area contributed by atoms with Gasteiger partial charge in [-0.3, -0.25) is 4.90 Å². The Morgan fingerprint density at radius 1 is 1.25 bits per heavy atom. The molecule has 3 aromatic rings. The molecule has 28 heavy (non-hydrogen) atoms. The molecule has 1 aliphatic rings. The quantitative estimate of drug-likeness (QED) is 0.655. The number of aryl methyl sites for hydroxylation is 3. The van der Waals surface area contributed by atoms with Crippen LogP contribution >= 0.6 is 0 Å². The molecule has 6 heteroatoms. The van der Waals surface area contributed by atoms with Crippen molar-refractivity contribution in [1.82, 2.24) is 19.4 Å². The van der Waals surface area contributed by atoms with Gasteiger partial charge in [-0.25, -0.2) is 9.97 Å². The summed E-state index contributed by atoms with van der Waals surface area (Å²) in [5.74, 6) is 3.56. The first-order valence-corrected chi connectivity index (χ1v) is 9.89. The van der Waals surface area contributed by atoms with Crippen molar-refractivity contribution >= 4 is 0 Å². The first-order valence-electron chi connectivity index (χ1n) is 9.89. The van der Waals surface area contributed by atoms with E-state index in [-0.39, 0.29) is 0 Å². The molecule has 4 rings (SSSR count). The summed E-state index contributed by atoms with van der Waals surface area (Å²) in [6, 6.07) is 6.35. The summed E-state index contributed by atoms with van der Waals surface area (Å²) in [4.78, 5) is 11.9. The number of nitrogens with zero attached hydrogens (tertiary/aromatic N) is 4. The lowest BCUT2D eigenvalue weighted by atomic mass is 10.0. The van der Waals surface area contributed by atoms with E-state index in [1.807, 2.05) is 38.4 Å².